The number of amidine groups is 1. The van der Waals surface area contributed by atoms with Gasteiger partial charge in [-0.1, -0.05) is 11.6 Å². The van der Waals surface area contributed by atoms with Crippen LogP contribution < -0.4 is 10.1 Å². The quantitative estimate of drug-likeness (QED) is 0.637. The Morgan fingerprint density at radius 1 is 1.19 bits per heavy atom. The van der Waals surface area contributed by atoms with Crippen molar-refractivity contribution in [1.82, 2.24) is 20.3 Å². The standard InChI is InChI=1S/C22H17ClFN5O2/c1-13-17(11-25-12-19(13)24)21(30)29-20-6-3-14(10-28-20)16-9-15(4-5-18(16)23)31-22-26-7-2-8-27-22/h2,4-5,7-12H,3,6H2,1H3,(H,28,29,30). The minimum absolute atomic E-state index is 0.175. The maximum Gasteiger partial charge on any atom is 0.321 e. The van der Waals surface area contributed by atoms with Gasteiger partial charge in [0.2, 0.25) is 0 Å². The van der Waals surface area contributed by atoms with E-state index in [2.05, 4.69) is 25.3 Å². The summed E-state index contributed by atoms with van der Waals surface area (Å²) < 4.78 is 19.3. The zero-order chi connectivity index (χ0) is 21.8. The number of pyridine rings is 1. The van der Waals surface area contributed by atoms with E-state index in [-0.39, 0.29) is 17.1 Å². The second-order valence-corrected chi connectivity index (χ2v) is 7.16. The van der Waals surface area contributed by atoms with Gasteiger partial charge in [0.1, 0.15) is 17.4 Å². The Hall–Kier alpha value is -3.65. The van der Waals surface area contributed by atoms with Gasteiger partial charge in [0.25, 0.3) is 5.91 Å². The number of benzene rings is 1. The number of rotatable bonds is 4. The fourth-order valence-electron chi connectivity index (χ4n) is 3.02. The lowest BCUT2D eigenvalue weighted by Crippen LogP contribution is -2.32. The molecule has 0 fully saturated rings. The Bertz CT molecular complexity index is 1200. The molecule has 3 heterocycles. The predicted molar refractivity (Wildman–Crippen MR) is 115 cm³/mol. The third kappa shape index (κ3) is 4.75. The number of halogens is 2. The Labute approximate surface area is 182 Å². The summed E-state index contributed by atoms with van der Waals surface area (Å²) in [4.78, 5) is 28.6. The van der Waals surface area contributed by atoms with Crippen LogP contribution in [0.1, 0.15) is 34.3 Å². The first-order chi connectivity index (χ1) is 15.0. The largest absolute Gasteiger partial charge is 0.424 e. The van der Waals surface area contributed by atoms with Crippen molar-refractivity contribution in [2.24, 2.45) is 4.99 Å². The van der Waals surface area contributed by atoms with E-state index < -0.39 is 11.7 Å². The molecule has 1 aliphatic rings. The first-order valence-corrected chi connectivity index (χ1v) is 9.81. The Balaban J connectivity index is 1.51. The average molecular weight is 438 g/mol. The minimum Gasteiger partial charge on any atom is -0.424 e. The van der Waals surface area contributed by atoms with Crippen LogP contribution in [0.3, 0.4) is 0 Å². The van der Waals surface area contributed by atoms with E-state index in [1.807, 2.05) is 0 Å². The fourth-order valence-corrected chi connectivity index (χ4v) is 3.26. The first-order valence-electron chi connectivity index (χ1n) is 9.43. The predicted octanol–water partition coefficient (Wildman–Crippen LogP) is 4.73. The number of allylic oxidation sites excluding steroid dienone is 1. The Morgan fingerprint density at radius 3 is 2.74 bits per heavy atom. The van der Waals surface area contributed by atoms with Crippen molar-refractivity contribution >= 4 is 28.9 Å². The van der Waals surface area contributed by atoms with E-state index in [0.29, 0.717) is 29.4 Å². The zero-order valence-electron chi connectivity index (χ0n) is 16.5. The Morgan fingerprint density at radius 2 is 2.00 bits per heavy atom. The molecule has 4 rings (SSSR count). The molecule has 2 aromatic heterocycles. The number of nitrogens with zero attached hydrogens (tertiary/aromatic N) is 4. The van der Waals surface area contributed by atoms with Crippen LogP contribution in [0.4, 0.5) is 4.39 Å². The molecule has 1 aromatic carbocycles. The van der Waals surface area contributed by atoms with Gasteiger partial charge in [0.05, 0.1) is 11.8 Å². The van der Waals surface area contributed by atoms with Gasteiger partial charge in [0, 0.05) is 47.4 Å². The summed E-state index contributed by atoms with van der Waals surface area (Å²) in [7, 11) is 0. The third-order valence-corrected chi connectivity index (χ3v) is 5.03. The van der Waals surface area contributed by atoms with E-state index in [1.54, 1.807) is 42.9 Å². The van der Waals surface area contributed by atoms with Gasteiger partial charge in [-0.25, -0.2) is 19.4 Å². The van der Waals surface area contributed by atoms with E-state index in [4.69, 9.17) is 16.3 Å². The van der Waals surface area contributed by atoms with E-state index in [9.17, 15) is 9.18 Å². The molecule has 156 valence electrons. The second-order valence-electron chi connectivity index (χ2n) is 6.75. The van der Waals surface area contributed by atoms with Crippen LogP contribution in [0.15, 0.2) is 60.2 Å². The lowest BCUT2D eigenvalue weighted by atomic mass is 9.99. The second kappa shape index (κ2) is 9.01. The van der Waals surface area contributed by atoms with Crippen LogP contribution in [0.2, 0.25) is 5.02 Å². The summed E-state index contributed by atoms with van der Waals surface area (Å²) in [5.74, 6) is 0.0525. The molecule has 0 radical (unpaired) electrons. The van der Waals surface area contributed by atoms with Crippen LogP contribution in [-0.2, 0) is 0 Å². The molecule has 0 saturated heterocycles. The molecule has 0 aliphatic carbocycles. The Kier molecular flexibility index (Phi) is 5.99. The zero-order valence-corrected chi connectivity index (χ0v) is 17.2. The van der Waals surface area contributed by atoms with Crippen molar-refractivity contribution in [1.29, 1.82) is 0 Å². The summed E-state index contributed by atoms with van der Waals surface area (Å²) in [5, 5.41) is 3.27. The van der Waals surface area contributed by atoms with Gasteiger partial charge >= 0.3 is 6.01 Å². The lowest BCUT2D eigenvalue weighted by Gasteiger charge is -2.17. The number of hydrogen-bond acceptors (Lipinski definition) is 6. The number of amides is 1. The molecule has 31 heavy (non-hydrogen) atoms. The van der Waals surface area contributed by atoms with E-state index >= 15 is 0 Å². The highest BCUT2D eigenvalue weighted by atomic mass is 35.5. The van der Waals surface area contributed by atoms with Gasteiger partial charge in [-0.05, 0) is 43.2 Å². The number of carbonyl (C=O) groups is 1. The van der Waals surface area contributed by atoms with Crippen molar-refractivity contribution in [3.05, 3.63) is 82.8 Å². The molecular weight excluding hydrogens is 421 g/mol. The van der Waals surface area contributed by atoms with Crippen molar-refractivity contribution in [2.45, 2.75) is 19.8 Å². The highest BCUT2D eigenvalue weighted by Crippen LogP contribution is 2.33. The lowest BCUT2D eigenvalue weighted by molar-refractivity contribution is 0.0974. The van der Waals surface area contributed by atoms with Gasteiger partial charge < -0.3 is 10.1 Å². The van der Waals surface area contributed by atoms with Crippen molar-refractivity contribution in [3.8, 4) is 11.8 Å². The molecule has 3 aromatic rings. The summed E-state index contributed by atoms with van der Waals surface area (Å²) in [6.07, 6.45) is 8.33. The minimum atomic E-state index is -0.530. The van der Waals surface area contributed by atoms with Gasteiger partial charge in [-0.2, -0.15) is 0 Å². The maximum atomic E-state index is 13.7. The molecule has 0 bridgehead atoms. The smallest absolute Gasteiger partial charge is 0.321 e. The van der Waals surface area contributed by atoms with Gasteiger partial charge in [0.15, 0.2) is 0 Å². The topological polar surface area (TPSA) is 89.4 Å². The molecular formula is C22H17ClFN5O2. The summed E-state index contributed by atoms with van der Waals surface area (Å²) in [6, 6.07) is 7.20. The molecule has 0 atom stereocenters. The van der Waals surface area contributed by atoms with Crippen LogP contribution in [0, 0.1) is 12.7 Å². The number of carbonyl (C=O) groups excluding carboxylic acids is 1. The van der Waals surface area contributed by atoms with Gasteiger partial charge in [-0.15, -0.1) is 0 Å². The van der Waals surface area contributed by atoms with Crippen LogP contribution in [0.5, 0.6) is 11.8 Å². The van der Waals surface area contributed by atoms with E-state index in [0.717, 1.165) is 17.3 Å². The van der Waals surface area contributed by atoms with E-state index in [1.165, 1.54) is 13.1 Å². The number of aromatic nitrogens is 3. The van der Waals surface area contributed by atoms with Crippen LogP contribution in [-0.4, -0.2) is 26.7 Å². The van der Waals surface area contributed by atoms with Gasteiger partial charge in [-0.3, -0.25) is 9.78 Å². The highest BCUT2D eigenvalue weighted by Gasteiger charge is 2.18. The first kappa shape index (κ1) is 20.6. The summed E-state index contributed by atoms with van der Waals surface area (Å²) in [6.45, 7) is 1.53. The molecule has 7 nitrogen and oxygen atoms in total. The SMILES string of the molecule is Cc1c(F)cncc1C(=O)NC1=NC=C(c2cc(Oc3ncccn3)ccc2Cl)CC1. The van der Waals surface area contributed by atoms with Crippen LogP contribution in [0.25, 0.3) is 5.57 Å². The van der Waals surface area contributed by atoms with Crippen molar-refractivity contribution < 1.29 is 13.9 Å². The number of aliphatic imine (C=N–C) groups is 1. The summed E-state index contributed by atoms with van der Waals surface area (Å²) in [5.41, 5.74) is 2.08. The number of hydrogen-bond donors (Lipinski definition) is 1. The molecule has 0 unspecified atom stereocenters. The highest BCUT2D eigenvalue weighted by molar-refractivity contribution is 6.32. The summed E-state index contributed by atoms with van der Waals surface area (Å²) >= 11 is 6.38. The normalized spacial score (nSPS) is 13.3. The monoisotopic (exact) mass is 437 g/mol. The van der Waals surface area contributed by atoms with Crippen molar-refractivity contribution in [3.63, 3.8) is 0 Å². The third-order valence-electron chi connectivity index (χ3n) is 4.70. The van der Waals surface area contributed by atoms with Crippen molar-refractivity contribution in [2.75, 3.05) is 0 Å². The molecule has 0 saturated carbocycles. The fraction of sp³-hybridized carbons (Fsp3) is 0.136. The average Bonchev–Trinajstić information content (AvgIpc) is 2.78. The molecule has 1 aliphatic heterocycles. The molecule has 0 spiro atoms. The number of ether oxygens (including phenoxy) is 1. The number of nitrogens with one attached hydrogen (secondary N) is 1. The molecule has 1 N–H and O–H groups in total. The maximum absolute atomic E-state index is 13.7. The van der Waals surface area contributed by atoms with Crippen LogP contribution >= 0.6 is 11.6 Å². The molecule has 9 heteroatoms. The molecule has 1 amide bonds.